The molecule has 0 saturated carbocycles. The zero-order valence-corrected chi connectivity index (χ0v) is 22.1. The van der Waals surface area contributed by atoms with Crippen molar-refractivity contribution in [1.29, 1.82) is 0 Å². The lowest BCUT2D eigenvalue weighted by molar-refractivity contribution is -0.673. The van der Waals surface area contributed by atoms with Crippen molar-refractivity contribution in [3.63, 3.8) is 0 Å². The molecule has 10 heteroatoms. The van der Waals surface area contributed by atoms with Crippen LogP contribution in [0.25, 0.3) is 0 Å². The predicted octanol–water partition coefficient (Wildman–Crippen LogP) is 1.47. The summed E-state index contributed by atoms with van der Waals surface area (Å²) in [5.41, 5.74) is 4.46. The molecule has 1 aliphatic rings. The Balaban J connectivity index is 0.00000342. The summed E-state index contributed by atoms with van der Waals surface area (Å²) in [5, 5.41) is 8.55. The number of anilines is 1. The SMILES string of the molecule is C[C@H](NC(=O)Nc1ccc(S(=O)(=O)Cc2ccc3c(c2)C[NH2+]CC3)cc1)c1cccc(Cl)c1Cl.[Cl-]. The van der Waals surface area contributed by atoms with Crippen LogP contribution in [0, 0.1) is 0 Å². The lowest BCUT2D eigenvalue weighted by atomic mass is 9.99. The highest BCUT2D eigenvalue weighted by Crippen LogP contribution is 2.30. The first-order valence-electron chi connectivity index (χ1n) is 11.0. The van der Waals surface area contributed by atoms with Crippen LogP contribution in [0.5, 0.6) is 0 Å². The standard InChI is InChI=1S/C25H25Cl2N3O3S.ClH/c1-16(22-3-2-4-23(26)24(22)27)29-25(31)30-20-7-9-21(10-8-20)34(32,33)15-17-5-6-18-11-12-28-14-19(18)13-17;/h2-10,13,16,28H,11-12,14-15H2,1H3,(H2,29,30,31);1H/t16-;/m0./s1. The molecule has 6 nitrogen and oxygen atoms in total. The van der Waals surface area contributed by atoms with Crippen molar-refractivity contribution in [3.8, 4) is 0 Å². The smallest absolute Gasteiger partial charge is 0.319 e. The van der Waals surface area contributed by atoms with Crippen LogP contribution >= 0.6 is 23.2 Å². The van der Waals surface area contributed by atoms with Gasteiger partial charge in [0.15, 0.2) is 9.84 Å². The number of rotatable bonds is 6. The van der Waals surface area contributed by atoms with Gasteiger partial charge in [-0.15, -0.1) is 0 Å². The molecule has 0 fully saturated rings. The third-order valence-corrected chi connectivity index (χ3v) is 8.41. The van der Waals surface area contributed by atoms with Gasteiger partial charge in [-0.1, -0.05) is 47.5 Å². The zero-order valence-electron chi connectivity index (χ0n) is 19.0. The average molecular weight is 555 g/mol. The Morgan fingerprint density at radius 1 is 1.06 bits per heavy atom. The number of quaternary nitrogens is 1. The van der Waals surface area contributed by atoms with E-state index in [4.69, 9.17) is 23.2 Å². The fourth-order valence-corrected chi connectivity index (χ4v) is 5.87. The van der Waals surface area contributed by atoms with Gasteiger partial charge in [0.1, 0.15) is 6.54 Å². The van der Waals surface area contributed by atoms with Crippen molar-refractivity contribution in [3.05, 3.63) is 93.0 Å². The maximum Gasteiger partial charge on any atom is 0.319 e. The topological polar surface area (TPSA) is 91.9 Å². The minimum atomic E-state index is -3.51. The van der Waals surface area contributed by atoms with Gasteiger partial charge in [0.2, 0.25) is 0 Å². The molecule has 4 rings (SSSR count). The van der Waals surface area contributed by atoms with Crippen molar-refractivity contribution in [2.45, 2.75) is 36.6 Å². The second-order valence-electron chi connectivity index (χ2n) is 8.38. The Morgan fingerprint density at radius 2 is 1.80 bits per heavy atom. The number of hydrogen-bond acceptors (Lipinski definition) is 3. The molecule has 0 aliphatic carbocycles. The van der Waals surface area contributed by atoms with Gasteiger partial charge in [-0.25, -0.2) is 13.2 Å². The van der Waals surface area contributed by atoms with Gasteiger partial charge in [0.25, 0.3) is 0 Å². The number of urea groups is 1. The number of carbonyl (C=O) groups excluding carboxylic acids is 1. The van der Waals surface area contributed by atoms with Gasteiger partial charge >= 0.3 is 6.03 Å². The molecule has 3 aromatic carbocycles. The lowest BCUT2D eigenvalue weighted by Crippen LogP contribution is -3.00. The van der Waals surface area contributed by atoms with Crippen LogP contribution in [0.2, 0.25) is 10.0 Å². The summed E-state index contributed by atoms with van der Waals surface area (Å²) < 4.78 is 25.9. The molecule has 0 aromatic heterocycles. The van der Waals surface area contributed by atoms with Crippen molar-refractivity contribution in [1.82, 2.24) is 5.32 Å². The van der Waals surface area contributed by atoms with Gasteiger partial charge in [-0.2, -0.15) is 0 Å². The van der Waals surface area contributed by atoms with Gasteiger partial charge in [0, 0.05) is 17.7 Å². The summed E-state index contributed by atoms with van der Waals surface area (Å²) in [6.45, 7) is 3.75. The van der Waals surface area contributed by atoms with Crippen LogP contribution in [-0.4, -0.2) is 21.0 Å². The van der Waals surface area contributed by atoms with E-state index >= 15 is 0 Å². The van der Waals surface area contributed by atoms with Gasteiger partial charge in [0.05, 0.1) is 33.3 Å². The van der Waals surface area contributed by atoms with Crippen LogP contribution < -0.4 is 28.4 Å². The number of hydrogen-bond donors (Lipinski definition) is 3. The van der Waals surface area contributed by atoms with E-state index in [-0.39, 0.29) is 29.1 Å². The minimum absolute atomic E-state index is 0. The molecular formula is C25H26Cl3N3O3S. The van der Waals surface area contributed by atoms with E-state index in [2.05, 4.69) is 16.0 Å². The summed E-state index contributed by atoms with van der Waals surface area (Å²) in [6, 6.07) is 16.5. The summed E-state index contributed by atoms with van der Waals surface area (Å²) >= 11 is 12.3. The van der Waals surface area contributed by atoms with Gasteiger partial charge < -0.3 is 28.4 Å². The molecule has 1 heterocycles. The van der Waals surface area contributed by atoms with Crippen LogP contribution in [0.3, 0.4) is 0 Å². The van der Waals surface area contributed by atoms with Crippen molar-refractivity contribution < 1.29 is 30.9 Å². The van der Waals surface area contributed by atoms with Crippen LogP contribution in [-0.2, 0) is 28.6 Å². The second-order valence-corrected chi connectivity index (χ2v) is 11.2. The van der Waals surface area contributed by atoms with Crippen LogP contribution in [0.4, 0.5) is 10.5 Å². The second kappa shape index (κ2) is 11.6. The number of nitrogens with two attached hydrogens (primary N) is 1. The molecule has 35 heavy (non-hydrogen) atoms. The number of carbonyl (C=O) groups is 1. The van der Waals surface area contributed by atoms with Crippen molar-refractivity contribution in [2.24, 2.45) is 0 Å². The molecule has 2 amide bonds. The molecule has 1 atom stereocenters. The lowest BCUT2D eigenvalue weighted by Gasteiger charge is -2.17. The fourth-order valence-electron chi connectivity index (χ4n) is 4.06. The molecule has 4 N–H and O–H groups in total. The summed E-state index contributed by atoms with van der Waals surface area (Å²) in [4.78, 5) is 12.6. The number of benzene rings is 3. The highest BCUT2D eigenvalue weighted by molar-refractivity contribution is 7.90. The zero-order chi connectivity index (χ0) is 24.3. The Bertz CT molecular complexity index is 1320. The van der Waals surface area contributed by atoms with Crippen LogP contribution in [0.15, 0.2) is 65.6 Å². The Kier molecular flexibility index (Phi) is 9.07. The van der Waals surface area contributed by atoms with E-state index in [1.807, 2.05) is 18.2 Å². The van der Waals surface area contributed by atoms with E-state index in [1.54, 1.807) is 37.3 Å². The maximum absolute atomic E-state index is 12.9. The van der Waals surface area contributed by atoms with E-state index in [9.17, 15) is 13.2 Å². The average Bonchev–Trinajstić information content (AvgIpc) is 2.80. The Labute approximate surface area is 221 Å². The molecule has 0 spiro atoms. The Hall–Kier alpha value is -2.29. The first kappa shape index (κ1) is 27.3. The quantitative estimate of drug-likeness (QED) is 0.431. The molecule has 186 valence electrons. The van der Waals surface area contributed by atoms with Gasteiger partial charge in [-0.05, 0) is 60.0 Å². The molecule has 0 bridgehead atoms. The molecular weight excluding hydrogens is 529 g/mol. The molecule has 0 saturated heterocycles. The summed E-state index contributed by atoms with van der Waals surface area (Å²) in [5.74, 6) is -0.0640. The van der Waals surface area contributed by atoms with Gasteiger partial charge in [-0.3, -0.25) is 0 Å². The van der Waals surface area contributed by atoms with Crippen LogP contribution in [0.1, 0.15) is 35.2 Å². The first-order chi connectivity index (χ1) is 16.2. The van der Waals surface area contributed by atoms with Crippen molar-refractivity contribution >= 4 is 44.8 Å². The Morgan fingerprint density at radius 3 is 2.54 bits per heavy atom. The molecule has 0 radical (unpaired) electrons. The minimum Gasteiger partial charge on any atom is -1.00 e. The maximum atomic E-state index is 12.9. The normalized spacial score (nSPS) is 13.8. The molecule has 1 aliphatic heterocycles. The van der Waals surface area contributed by atoms with E-state index in [0.717, 1.165) is 25.1 Å². The van der Waals surface area contributed by atoms with E-state index in [1.165, 1.54) is 23.3 Å². The van der Waals surface area contributed by atoms with E-state index in [0.29, 0.717) is 21.3 Å². The highest BCUT2D eigenvalue weighted by atomic mass is 35.5. The highest BCUT2D eigenvalue weighted by Gasteiger charge is 2.19. The number of halogens is 3. The van der Waals surface area contributed by atoms with E-state index < -0.39 is 15.9 Å². The summed E-state index contributed by atoms with van der Waals surface area (Å²) in [6.07, 6.45) is 1.01. The molecule has 0 unspecified atom stereocenters. The third kappa shape index (κ3) is 6.68. The number of amides is 2. The first-order valence-corrected chi connectivity index (χ1v) is 13.4. The number of sulfone groups is 1. The predicted molar refractivity (Wildman–Crippen MR) is 135 cm³/mol. The monoisotopic (exact) mass is 553 g/mol. The number of nitrogens with one attached hydrogen (secondary N) is 2. The number of fused-ring (bicyclic) bond motifs is 1. The fraction of sp³-hybridized carbons (Fsp3) is 0.240. The molecule has 3 aromatic rings. The summed E-state index contributed by atoms with van der Waals surface area (Å²) in [7, 11) is -3.51. The largest absolute Gasteiger partial charge is 1.00 e. The van der Waals surface area contributed by atoms with Crippen molar-refractivity contribution in [2.75, 3.05) is 11.9 Å². The third-order valence-electron chi connectivity index (χ3n) is 5.88.